The van der Waals surface area contributed by atoms with Crippen LogP contribution in [-0.4, -0.2) is 73.9 Å². The Hall–Kier alpha value is -3.27. The number of nitrogens with zero attached hydrogens (tertiary/aromatic N) is 2. The number of carbonyl (C=O) groups is 1. The molecule has 4 heterocycles. The number of methoxy groups -OCH3 is 1. The number of morpholine rings is 1. The maximum atomic E-state index is 12.9. The Labute approximate surface area is 208 Å². The number of aromatic amines is 1. The third kappa shape index (κ3) is 4.80. The number of pyridine rings is 1. The fourth-order valence-electron chi connectivity index (χ4n) is 4.51. The molecule has 1 amide bonds. The third-order valence-electron chi connectivity index (χ3n) is 6.22. The van der Waals surface area contributed by atoms with E-state index in [2.05, 4.69) is 32.5 Å². The van der Waals surface area contributed by atoms with E-state index in [-0.39, 0.29) is 12.0 Å². The minimum absolute atomic E-state index is 0.0299. The number of amides is 1. The molecule has 35 heavy (non-hydrogen) atoms. The van der Waals surface area contributed by atoms with E-state index in [4.69, 9.17) is 25.8 Å². The van der Waals surface area contributed by atoms with Crippen LogP contribution in [-0.2, 0) is 11.2 Å². The first kappa shape index (κ1) is 23.5. The van der Waals surface area contributed by atoms with Gasteiger partial charge in [-0.1, -0.05) is 17.7 Å². The van der Waals surface area contributed by atoms with Crippen molar-refractivity contribution in [3.05, 3.63) is 52.9 Å². The van der Waals surface area contributed by atoms with Gasteiger partial charge >= 0.3 is 0 Å². The van der Waals surface area contributed by atoms with Gasteiger partial charge in [0.25, 0.3) is 5.91 Å². The van der Waals surface area contributed by atoms with E-state index in [0.717, 1.165) is 30.0 Å². The summed E-state index contributed by atoms with van der Waals surface area (Å²) in [4.78, 5) is 22.9. The van der Waals surface area contributed by atoms with Gasteiger partial charge in [0.15, 0.2) is 5.75 Å². The number of para-hydroxylation sites is 1. The zero-order valence-corrected chi connectivity index (χ0v) is 20.4. The van der Waals surface area contributed by atoms with Gasteiger partial charge in [-0.05, 0) is 25.2 Å². The molecule has 0 spiro atoms. The van der Waals surface area contributed by atoms with E-state index in [1.807, 2.05) is 18.2 Å². The van der Waals surface area contributed by atoms with Crippen LogP contribution in [0.1, 0.15) is 16.1 Å². The van der Waals surface area contributed by atoms with Crippen molar-refractivity contribution >= 4 is 28.9 Å². The Morgan fingerprint density at radius 1 is 1.34 bits per heavy atom. The number of aromatic nitrogens is 2. The summed E-state index contributed by atoms with van der Waals surface area (Å²) >= 11 is 6.35. The summed E-state index contributed by atoms with van der Waals surface area (Å²) < 4.78 is 17.6. The van der Waals surface area contributed by atoms with Gasteiger partial charge in [-0.2, -0.15) is 0 Å². The molecule has 3 N–H and O–H groups in total. The maximum Gasteiger partial charge on any atom is 0.255 e. The van der Waals surface area contributed by atoms with Crippen LogP contribution in [0.5, 0.6) is 11.5 Å². The second kappa shape index (κ2) is 10.2. The average molecular weight is 498 g/mol. The molecule has 2 aromatic heterocycles. The largest absolute Gasteiger partial charge is 0.493 e. The lowest BCUT2D eigenvalue weighted by atomic mass is 10.0. The first-order valence-corrected chi connectivity index (χ1v) is 11.9. The highest BCUT2D eigenvalue weighted by atomic mass is 35.5. The SMILES string of the molecule is COc1c(Cl)cccc1Nc1c(-c2ccncc2OC[C@H]2CN(C)CCO2)[nH]c2c1C(=O)NCC2. The van der Waals surface area contributed by atoms with E-state index in [1.54, 1.807) is 25.6 Å². The van der Waals surface area contributed by atoms with E-state index in [9.17, 15) is 4.79 Å². The van der Waals surface area contributed by atoms with Crippen molar-refractivity contribution in [3.63, 3.8) is 0 Å². The predicted molar refractivity (Wildman–Crippen MR) is 134 cm³/mol. The monoisotopic (exact) mass is 497 g/mol. The topological polar surface area (TPSA) is 101 Å². The van der Waals surface area contributed by atoms with Gasteiger partial charge in [0.05, 0.1) is 47.6 Å². The fraction of sp³-hybridized carbons (Fsp3) is 0.360. The Bertz CT molecular complexity index is 1230. The molecule has 1 saturated heterocycles. The molecule has 2 aliphatic heterocycles. The molecule has 0 radical (unpaired) electrons. The quantitative estimate of drug-likeness (QED) is 0.459. The number of anilines is 2. The van der Waals surface area contributed by atoms with Crippen molar-refractivity contribution in [2.24, 2.45) is 0 Å². The highest BCUT2D eigenvalue weighted by Crippen LogP contribution is 2.42. The van der Waals surface area contributed by atoms with Crippen LogP contribution in [0, 0.1) is 0 Å². The number of benzene rings is 1. The molecule has 5 rings (SSSR count). The highest BCUT2D eigenvalue weighted by molar-refractivity contribution is 6.32. The van der Waals surface area contributed by atoms with Crippen molar-refractivity contribution in [3.8, 4) is 22.8 Å². The van der Waals surface area contributed by atoms with Crippen LogP contribution in [0.4, 0.5) is 11.4 Å². The summed E-state index contributed by atoms with van der Waals surface area (Å²) in [6.45, 7) is 3.35. The van der Waals surface area contributed by atoms with Crippen LogP contribution in [0.3, 0.4) is 0 Å². The number of halogens is 1. The fourth-order valence-corrected chi connectivity index (χ4v) is 4.76. The van der Waals surface area contributed by atoms with Gasteiger partial charge in [0.1, 0.15) is 18.5 Å². The lowest BCUT2D eigenvalue weighted by Gasteiger charge is -2.30. The number of carbonyl (C=O) groups excluding carboxylic acids is 1. The lowest BCUT2D eigenvalue weighted by molar-refractivity contribution is -0.0403. The normalized spacial score (nSPS) is 18.0. The minimum Gasteiger partial charge on any atom is -0.493 e. The molecule has 10 heteroatoms. The molecule has 2 aliphatic rings. The number of hydrogen-bond acceptors (Lipinski definition) is 7. The van der Waals surface area contributed by atoms with E-state index < -0.39 is 0 Å². The summed E-state index contributed by atoms with van der Waals surface area (Å²) in [5.74, 6) is 0.952. The van der Waals surface area contributed by atoms with Crippen LogP contribution in [0.15, 0.2) is 36.7 Å². The first-order chi connectivity index (χ1) is 17.0. The molecule has 1 fully saturated rings. The van der Waals surface area contributed by atoms with Crippen LogP contribution in [0.2, 0.25) is 5.02 Å². The number of H-pyrrole nitrogens is 1. The summed E-state index contributed by atoms with van der Waals surface area (Å²) in [7, 11) is 3.63. The van der Waals surface area contributed by atoms with Crippen molar-refractivity contribution in [2.75, 3.05) is 52.3 Å². The predicted octanol–water partition coefficient (Wildman–Crippen LogP) is 3.48. The van der Waals surface area contributed by atoms with E-state index >= 15 is 0 Å². The summed E-state index contributed by atoms with van der Waals surface area (Å²) in [6, 6.07) is 7.31. The molecule has 0 bridgehead atoms. The number of hydrogen-bond donors (Lipinski definition) is 3. The Balaban J connectivity index is 1.53. The molecule has 9 nitrogen and oxygen atoms in total. The molecule has 184 valence electrons. The summed E-state index contributed by atoms with van der Waals surface area (Å²) in [5.41, 5.74) is 4.21. The molecule has 1 atom stereocenters. The molecule has 0 unspecified atom stereocenters. The molecular weight excluding hydrogens is 470 g/mol. The van der Waals surface area contributed by atoms with Crippen LogP contribution in [0.25, 0.3) is 11.3 Å². The number of ether oxygens (including phenoxy) is 3. The van der Waals surface area contributed by atoms with Gasteiger partial charge in [-0.25, -0.2) is 0 Å². The molecule has 0 saturated carbocycles. The number of likely N-dealkylation sites (N-methyl/N-ethyl adjacent to an activating group) is 1. The first-order valence-electron chi connectivity index (χ1n) is 11.5. The maximum absolute atomic E-state index is 12.9. The van der Waals surface area contributed by atoms with Crippen molar-refractivity contribution in [2.45, 2.75) is 12.5 Å². The van der Waals surface area contributed by atoms with Crippen molar-refractivity contribution in [1.82, 2.24) is 20.2 Å². The molecule has 0 aliphatic carbocycles. The van der Waals surface area contributed by atoms with E-state index in [1.165, 1.54) is 0 Å². The average Bonchev–Trinajstić information content (AvgIpc) is 3.22. The standard InChI is InChI=1S/C25H28ClN5O4/c1-31-10-11-34-15(13-31)14-35-20-12-27-8-6-16(20)22-23(21-18(29-22)7-9-28-25(21)32)30-19-5-3-4-17(26)24(19)33-2/h3-6,8,12,15,29-30H,7,9-11,13-14H2,1-2H3,(H,28,32)/t15-/m1/s1. The highest BCUT2D eigenvalue weighted by Gasteiger charge is 2.29. The van der Waals surface area contributed by atoms with Crippen molar-refractivity contribution in [1.29, 1.82) is 0 Å². The number of nitrogens with one attached hydrogen (secondary N) is 3. The lowest BCUT2D eigenvalue weighted by Crippen LogP contribution is -2.42. The minimum atomic E-state index is -0.146. The third-order valence-corrected chi connectivity index (χ3v) is 6.51. The molecular formula is C25H28ClN5O4. The summed E-state index contributed by atoms with van der Waals surface area (Å²) in [5, 5.41) is 6.81. The Morgan fingerprint density at radius 2 is 2.23 bits per heavy atom. The second-order valence-electron chi connectivity index (χ2n) is 8.62. The smallest absolute Gasteiger partial charge is 0.255 e. The van der Waals surface area contributed by atoms with Gasteiger partial charge in [0.2, 0.25) is 0 Å². The Morgan fingerprint density at radius 3 is 3.06 bits per heavy atom. The zero-order valence-electron chi connectivity index (χ0n) is 19.7. The number of rotatable bonds is 7. The van der Waals surface area contributed by atoms with Gasteiger partial charge in [0, 0.05) is 43.5 Å². The second-order valence-corrected chi connectivity index (χ2v) is 9.03. The Kier molecular flexibility index (Phi) is 6.81. The van der Waals surface area contributed by atoms with Gasteiger partial charge in [-0.15, -0.1) is 0 Å². The zero-order chi connectivity index (χ0) is 24.4. The van der Waals surface area contributed by atoms with Gasteiger partial charge < -0.3 is 34.7 Å². The van der Waals surface area contributed by atoms with E-state index in [0.29, 0.717) is 59.6 Å². The van der Waals surface area contributed by atoms with Gasteiger partial charge in [-0.3, -0.25) is 9.78 Å². The molecule has 3 aromatic rings. The van der Waals surface area contributed by atoms with Crippen LogP contribution < -0.4 is 20.1 Å². The molecule has 1 aromatic carbocycles. The van der Waals surface area contributed by atoms with Crippen LogP contribution >= 0.6 is 11.6 Å². The van der Waals surface area contributed by atoms with Crippen molar-refractivity contribution < 1.29 is 19.0 Å². The number of fused-ring (bicyclic) bond motifs is 1. The summed E-state index contributed by atoms with van der Waals surface area (Å²) in [6.07, 6.45) is 4.05.